The molecule has 1 aromatic heterocycles. The van der Waals surface area contributed by atoms with Crippen molar-refractivity contribution in [3.05, 3.63) is 53.7 Å². The summed E-state index contributed by atoms with van der Waals surface area (Å²) in [4.78, 5) is 4.82. The van der Waals surface area contributed by atoms with Crippen molar-refractivity contribution in [2.75, 3.05) is 5.32 Å². The maximum absolute atomic E-state index is 4.82. The highest BCUT2D eigenvalue weighted by Crippen LogP contribution is 2.19. The molecule has 0 radical (unpaired) electrons. The summed E-state index contributed by atoms with van der Waals surface area (Å²) in [7, 11) is 0. The zero-order valence-electron chi connectivity index (χ0n) is 18.9. The van der Waals surface area contributed by atoms with Crippen molar-refractivity contribution in [3.63, 3.8) is 0 Å². The van der Waals surface area contributed by atoms with Crippen molar-refractivity contribution in [2.45, 2.75) is 104 Å². The van der Waals surface area contributed by atoms with Crippen LogP contribution in [-0.4, -0.2) is 4.98 Å². The average molecular weight is 395 g/mol. The molecule has 0 aliphatic rings. The van der Waals surface area contributed by atoms with Crippen molar-refractivity contribution < 1.29 is 0 Å². The topological polar surface area (TPSA) is 24.9 Å². The number of nitrogens with one attached hydrogen (secondary N) is 1. The summed E-state index contributed by atoms with van der Waals surface area (Å²) in [6.07, 6.45) is 18.3. The molecule has 0 aliphatic carbocycles. The van der Waals surface area contributed by atoms with Gasteiger partial charge in [0.1, 0.15) is 5.82 Å². The first kappa shape index (κ1) is 23.4. The molecule has 2 rings (SSSR count). The molecule has 0 fully saturated rings. The van der Waals surface area contributed by atoms with E-state index in [1.165, 1.54) is 94.7 Å². The Morgan fingerprint density at radius 1 is 0.655 bits per heavy atom. The van der Waals surface area contributed by atoms with E-state index < -0.39 is 0 Å². The normalized spacial score (nSPS) is 11.0. The largest absolute Gasteiger partial charge is 0.340 e. The second-order valence-electron chi connectivity index (χ2n) is 8.38. The van der Waals surface area contributed by atoms with Gasteiger partial charge in [-0.2, -0.15) is 0 Å². The third-order valence-corrected chi connectivity index (χ3v) is 5.61. The van der Waals surface area contributed by atoms with Crippen LogP contribution in [0.5, 0.6) is 0 Å². The zero-order valence-corrected chi connectivity index (χ0v) is 18.9. The van der Waals surface area contributed by atoms with Crippen LogP contribution >= 0.6 is 0 Å². The highest BCUT2D eigenvalue weighted by Gasteiger charge is 2.01. The summed E-state index contributed by atoms with van der Waals surface area (Å²) >= 11 is 0. The molecule has 2 heteroatoms. The Hall–Kier alpha value is -1.83. The van der Waals surface area contributed by atoms with Crippen molar-refractivity contribution in [3.8, 4) is 0 Å². The van der Waals surface area contributed by atoms with Crippen molar-refractivity contribution >= 4 is 11.5 Å². The maximum atomic E-state index is 4.82. The van der Waals surface area contributed by atoms with E-state index in [-0.39, 0.29) is 0 Å². The molecule has 2 nitrogen and oxygen atoms in total. The molecule has 2 aromatic rings. The number of anilines is 2. The van der Waals surface area contributed by atoms with E-state index >= 15 is 0 Å². The predicted molar refractivity (Wildman–Crippen MR) is 128 cm³/mol. The second kappa shape index (κ2) is 15.1. The summed E-state index contributed by atoms with van der Waals surface area (Å²) in [6, 6.07) is 15.2. The number of hydrogen-bond acceptors (Lipinski definition) is 2. The minimum Gasteiger partial charge on any atom is -0.340 e. The molecule has 0 unspecified atom stereocenters. The molecule has 0 amide bonds. The van der Waals surface area contributed by atoms with Gasteiger partial charge in [0, 0.05) is 11.4 Å². The van der Waals surface area contributed by atoms with Crippen LogP contribution in [0.25, 0.3) is 0 Å². The highest BCUT2D eigenvalue weighted by molar-refractivity contribution is 5.57. The lowest BCUT2D eigenvalue weighted by molar-refractivity contribution is 0.605. The lowest BCUT2D eigenvalue weighted by atomic mass is 10.0. The van der Waals surface area contributed by atoms with Crippen LogP contribution in [0.15, 0.2) is 42.5 Å². The summed E-state index contributed by atoms with van der Waals surface area (Å²) in [5.41, 5.74) is 3.78. The van der Waals surface area contributed by atoms with Crippen molar-refractivity contribution in [1.29, 1.82) is 0 Å². The van der Waals surface area contributed by atoms with Gasteiger partial charge in [0.05, 0.1) is 0 Å². The predicted octanol–water partition coefficient (Wildman–Crippen LogP) is 8.63. The molecular weight excluding hydrogens is 352 g/mol. The smallest absolute Gasteiger partial charge is 0.130 e. The number of aryl methyl sites for hydroxylation is 2. The Labute approximate surface area is 179 Å². The van der Waals surface area contributed by atoms with Crippen LogP contribution in [0, 0.1) is 0 Å². The Kier molecular flexibility index (Phi) is 12.2. The first-order chi connectivity index (χ1) is 14.3. The minimum atomic E-state index is 0.963. The number of rotatable bonds is 16. The van der Waals surface area contributed by atoms with Gasteiger partial charge in [-0.15, -0.1) is 0 Å². The quantitative estimate of drug-likeness (QED) is 0.288. The molecule has 29 heavy (non-hydrogen) atoms. The lowest BCUT2D eigenvalue weighted by Gasteiger charge is -2.09. The van der Waals surface area contributed by atoms with Crippen LogP contribution in [0.1, 0.15) is 102 Å². The molecule has 1 N–H and O–H groups in total. The van der Waals surface area contributed by atoms with Gasteiger partial charge < -0.3 is 5.32 Å². The van der Waals surface area contributed by atoms with E-state index in [0.29, 0.717) is 0 Å². The summed E-state index contributed by atoms with van der Waals surface area (Å²) in [5.74, 6) is 0.963. The van der Waals surface area contributed by atoms with Crippen LogP contribution in [0.3, 0.4) is 0 Å². The van der Waals surface area contributed by atoms with Crippen LogP contribution in [-0.2, 0) is 12.8 Å². The molecular formula is C27H42N2. The summed E-state index contributed by atoms with van der Waals surface area (Å²) < 4.78 is 0. The molecule has 160 valence electrons. The maximum Gasteiger partial charge on any atom is 0.130 e. The second-order valence-corrected chi connectivity index (χ2v) is 8.38. The van der Waals surface area contributed by atoms with Gasteiger partial charge in [0.25, 0.3) is 0 Å². The third kappa shape index (κ3) is 10.5. The van der Waals surface area contributed by atoms with Crippen molar-refractivity contribution in [2.24, 2.45) is 0 Å². The number of benzene rings is 1. The van der Waals surface area contributed by atoms with Crippen LogP contribution in [0.4, 0.5) is 11.5 Å². The number of aromatic nitrogens is 1. The molecule has 0 aliphatic heterocycles. The van der Waals surface area contributed by atoms with E-state index in [1.54, 1.807) is 0 Å². The Bertz CT molecular complexity index is 608. The molecule has 0 spiro atoms. The van der Waals surface area contributed by atoms with Crippen LogP contribution < -0.4 is 5.32 Å². The Balaban J connectivity index is 1.76. The Morgan fingerprint density at radius 3 is 2.00 bits per heavy atom. The van der Waals surface area contributed by atoms with E-state index in [2.05, 4.69) is 61.6 Å². The first-order valence-corrected chi connectivity index (χ1v) is 12.1. The van der Waals surface area contributed by atoms with Gasteiger partial charge >= 0.3 is 0 Å². The van der Waals surface area contributed by atoms with Gasteiger partial charge in [-0.1, -0.05) is 96.3 Å². The van der Waals surface area contributed by atoms with Crippen LogP contribution in [0.2, 0.25) is 0 Å². The monoisotopic (exact) mass is 394 g/mol. The molecule has 0 saturated heterocycles. The fourth-order valence-corrected chi connectivity index (χ4v) is 3.84. The third-order valence-electron chi connectivity index (χ3n) is 5.61. The Morgan fingerprint density at radius 2 is 1.28 bits per heavy atom. The van der Waals surface area contributed by atoms with E-state index in [4.69, 9.17) is 4.98 Å². The van der Waals surface area contributed by atoms with Gasteiger partial charge in [-0.25, -0.2) is 4.98 Å². The fraction of sp³-hybridized carbons (Fsp3) is 0.593. The minimum absolute atomic E-state index is 0.963. The molecule has 0 bridgehead atoms. The molecule has 0 atom stereocenters. The highest BCUT2D eigenvalue weighted by atomic mass is 15.0. The van der Waals surface area contributed by atoms with E-state index in [1.807, 2.05) is 0 Å². The van der Waals surface area contributed by atoms with Gasteiger partial charge in [-0.05, 0) is 55.5 Å². The van der Waals surface area contributed by atoms with Crippen molar-refractivity contribution in [1.82, 2.24) is 4.98 Å². The molecule has 0 saturated carbocycles. The number of unbranched alkanes of at least 4 members (excludes halogenated alkanes) is 10. The van der Waals surface area contributed by atoms with E-state index in [9.17, 15) is 0 Å². The summed E-state index contributed by atoms with van der Waals surface area (Å²) in [6.45, 7) is 4.55. The number of pyridine rings is 1. The SMILES string of the molecule is CCCCCCCCc1cccc(Nc2cccc(CCCCCCCC)n2)c1. The van der Waals surface area contributed by atoms with Gasteiger partial charge in [0.15, 0.2) is 0 Å². The number of nitrogens with zero attached hydrogens (tertiary/aromatic N) is 1. The zero-order chi connectivity index (χ0) is 20.6. The lowest BCUT2D eigenvalue weighted by Crippen LogP contribution is -1.98. The first-order valence-electron chi connectivity index (χ1n) is 12.1. The summed E-state index contributed by atoms with van der Waals surface area (Å²) in [5, 5.41) is 3.51. The number of hydrogen-bond donors (Lipinski definition) is 1. The fourth-order valence-electron chi connectivity index (χ4n) is 3.84. The van der Waals surface area contributed by atoms with E-state index in [0.717, 1.165) is 17.9 Å². The molecule has 1 aromatic carbocycles. The van der Waals surface area contributed by atoms with Gasteiger partial charge in [0.2, 0.25) is 0 Å². The molecule has 1 heterocycles. The average Bonchev–Trinajstić information content (AvgIpc) is 2.74. The standard InChI is InChI=1S/C27H42N2/c1-3-5-7-9-11-13-17-24-18-15-21-26(23-24)29-27-22-16-20-25(28-27)19-14-12-10-8-6-4-2/h15-16,18,20-23H,3-14,17,19H2,1-2H3,(H,28,29). The van der Waals surface area contributed by atoms with Gasteiger partial charge in [-0.3, -0.25) is 0 Å².